The number of hydrogen-bond donors (Lipinski definition) is 1. The average molecular weight is 458 g/mol. The molecule has 0 bridgehead atoms. The highest BCUT2D eigenvalue weighted by molar-refractivity contribution is 5.77. The van der Waals surface area contributed by atoms with Crippen molar-refractivity contribution in [3.63, 3.8) is 0 Å². The number of alkyl halides is 2. The molecule has 0 spiro atoms. The number of fused-ring (bicyclic) bond motifs is 1. The van der Waals surface area contributed by atoms with Crippen LogP contribution < -0.4 is 10.2 Å². The van der Waals surface area contributed by atoms with Crippen LogP contribution in [0.2, 0.25) is 0 Å². The summed E-state index contributed by atoms with van der Waals surface area (Å²) in [5.74, 6) is 1.43. The van der Waals surface area contributed by atoms with Gasteiger partial charge in [-0.3, -0.25) is 4.57 Å². The second-order valence-corrected chi connectivity index (χ2v) is 8.72. The van der Waals surface area contributed by atoms with Gasteiger partial charge in [0.15, 0.2) is 5.82 Å². The highest BCUT2D eigenvalue weighted by atomic mass is 19.3. The molecule has 0 unspecified atom stereocenters. The normalized spacial score (nSPS) is 21.6. The molecule has 8 nitrogen and oxygen atoms in total. The van der Waals surface area contributed by atoms with Crippen LogP contribution in [0.3, 0.4) is 0 Å². The van der Waals surface area contributed by atoms with Gasteiger partial charge in [-0.05, 0) is 43.7 Å². The van der Waals surface area contributed by atoms with Crippen molar-refractivity contribution in [2.24, 2.45) is 5.92 Å². The van der Waals surface area contributed by atoms with Crippen molar-refractivity contribution in [2.75, 3.05) is 36.5 Å². The van der Waals surface area contributed by atoms with Crippen LogP contribution >= 0.6 is 0 Å². The highest BCUT2D eigenvalue weighted by Crippen LogP contribution is 2.30. The Bertz CT molecular complexity index is 1090. The number of benzene rings is 1. The fourth-order valence-corrected chi connectivity index (χ4v) is 4.72. The predicted octanol–water partition coefficient (Wildman–Crippen LogP) is 4.37. The first-order valence-corrected chi connectivity index (χ1v) is 11.7. The van der Waals surface area contributed by atoms with Crippen molar-refractivity contribution < 1.29 is 13.5 Å². The molecule has 176 valence electrons. The Hall–Kier alpha value is -2.88. The first kappa shape index (κ1) is 21.9. The lowest BCUT2D eigenvalue weighted by molar-refractivity contribution is 0.122. The fourth-order valence-electron chi connectivity index (χ4n) is 4.72. The van der Waals surface area contributed by atoms with Crippen LogP contribution in [0.4, 0.5) is 20.7 Å². The lowest BCUT2D eigenvalue weighted by atomic mass is 9.85. The number of hydrogen-bond acceptors (Lipinski definition) is 7. The van der Waals surface area contributed by atoms with Gasteiger partial charge in [0.2, 0.25) is 17.8 Å². The Morgan fingerprint density at radius 3 is 2.45 bits per heavy atom. The number of anilines is 2. The van der Waals surface area contributed by atoms with Crippen LogP contribution in [0.1, 0.15) is 51.3 Å². The van der Waals surface area contributed by atoms with Crippen LogP contribution in [0.5, 0.6) is 0 Å². The minimum Gasteiger partial charge on any atom is -0.378 e. The van der Waals surface area contributed by atoms with Crippen LogP contribution in [-0.4, -0.2) is 56.8 Å². The third-order valence-electron chi connectivity index (χ3n) is 6.64. The second kappa shape index (κ2) is 9.54. The molecule has 0 atom stereocenters. The van der Waals surface area contributed by atoms with Crippen LogP contribution in [0, 0.1) is 5.92 Å². The van der Waals surface area contributed by atoms with Crippen LogP contribution in [0.15, 0.2) is 24.3 Å². The summed E-state index contributed by atoms with van der Waals surface area (Å²) >= 11 is 0. The molecule has 1 aliphatic heterocycles. The van der Waals surface area contributed by atoms with Gasteiger partial charge < -0.3 is 15.0 Å². The van der Waals surface area contributed by atoms with Crippen molar-refractivity contribution in [1.82, 2.24) is 24.5 Å². The van der Waals surface area contributed by atoms with E-state index in [1.165, 1.54) is 23.8 Å². The maximum absolute atomic E-state index is 14.0. The van der Waals surface area contributed by atoms with Crippen molar-refractivity contribution in [2.45, 2.75) is 51.5 Å². The summed E-state index contributed by atoms with van der Waals surface area (Å²) < 4.78 is 34.7. The van der Waals surface area contributed by atoms with Crippen LogP contribution in [0.25, 0.3) is 17.0 Å². The van der Waals surface area contributed by atoms with E-state index in [0.29, 0.717) is 49.2 Å². The lowest BCUT2D eigenvalue weighted by Crippen LogP contribution is -2.38. The maximum Gasteiger partial charge on any atom is 0.296 e. The zero-order chi connectivity index (χ0) is 22.8. The van der Waals surface area contributed by atoms with Gasteiger partial charge in [-0.2, -0.15) is 15.0 Å². The summed E-state index contributed by atoms with van der Waals surface area (Å²) in [6.07, 6.45) is 2.87. The number of nitrogens with zero attached hydrogens (tertiary/aromatic N) is 6. The molecule has 2 aliphatic rings. The number of rotatable bonds is 6. The van der Waals surface area contributed by atoms with Gasteiger partial charge in [-0.15, -0.1) is 0 Å². The highest BCUT2D eigenvalue weighted by Gasteiger charge is 2.26. The molecule has 1 aliphatic carbocycles. The summed E-state index contributed by atoms with van der Waals surface area (Å²) in [5.41, 5.74) is 1.02. The molecule has 0 radical (unpaired) electrons. The van der Waals surface area contributed by atoms with E-state index in [1.54, 1.807) is 24.3 Å². The van der Waals surface area contributed by atoms with Gasteiger partial charge in [0.25, 0.3) is 6.43 Å². The Morgan fingerprint density at radius 2 is 1.73 bits per heavy atom. The molecule has 5 rings (SSSR count). The first-order valence-electron chi connectivity index (χ1n) is 11.7. The van der Waals surface area contributed by atoms with Crippen molar-refractivity contribution in [1.29, 1.82) is 0 Å². The molecule has 1 saturated carbocycles. The standard InChI is InChI=1S/C23H29F2N7O/c1-2-15-7-9-16(10-8-15)26-21-28-22(31-11-13-33-14-12-31)30-23(29-21)32-18-6-4-3-5-17(18)27-20(32)19(24)25/h3-6,15-16,19H,2,7-14H2,1H3,(H,26,28,29,30). The molecular weight excluding hydrogens is 428 g/mol. The molecular formula is C23H29F2N7O. The van der Waals surface area contributed by atoms with E-state index in [9.17, 15) is 8.78 Å². The van der Waals surface area contributed by atoms with E-state index in [2.05, 4.69) is 32.2 Å². The molecule has 0 amide bonds. The Labute approximate surface area is 191 Å². The topological polar surface area (TPSA) is 81.0 Å². The minimum absolute atomic E-state index is 0.153. The molecule has 10 heteroatoms. The van der Waals surface area contributed by atoms with Crippen molar-refractivity contribution in [3.05, 3.63) is 30.1 Å². The van der Waals surface area contributed by atoms with Gasteiger partial charge in [0.05, 0.1) is 24.2 Å². The molecule has 2 aromatic heterocycles. The largest absolute Gasteiger partial charge is 0.378 e. The fraction of sp³-hybridized carbons (Fsp3) is 0.565. The van der Waals surface area contributed by atoms with Gasteiger partial charge in [0, 0.05) is 19.1 Å². The van der Waals surface area contributed by atoms with E-state index >= 15 is 0 Å². The van der Waals surface area contributed by atoms with Crippen LogP contribution in [-0.2, 0) is 4.74 Å². The minimum atomic E-state index is -2.76. The number of para-hydroxylation sites is 2. The Morgan fingerprint density at radius 1 is 1.00 bits per heavy atom. The monoisotopic (exact) mass is 457 g/mol. The summed E-state index contributed by atoms with van der Waals surface area (Å²) in [5, 5.41) is 3.46. The number of halogens is 2. The molecule has 3 heterocycles. The summed E-state index contributed by atoms with van der Waals surface area (Å²) in [4.78, 5) is 20.0. The van der Waals surface area contributed by atoms with Gasteiger partial charge in [-0.1, -0.05) is 25.5 Å². The number of nitrogens with one attached hydrogen (secondary N) is 1. The Balaban J connectivity index is 1.55. The third kappa shape index (κ3) is 4.62. The molecule has 33 heavy (non-hydrogen) atoms. The van der Waals surface area contributed by atoms with Gasteiger partial charge in [-0.25, -0.2) is 13.8 Å². The van der Waals surface area contributed by atoms with E-state index in [4.69, 9.17) is 4.74 Å². The number of aromatic nitrogens is 5. The molecule has 2 fully saturated rings. The maximum atomic E-state index is 14.0. The second-order valence-electron chi connectivity index (χ2n) is 8.72. The molecule has 1 N–H and O–H groups in total. The number of ether oxygens (including phenoxy) is 1. The van der Waals surface area contributed by atoms with Crippen molar-refractivity contribution in [3.8, 4) is 5.95 Å². The zero-order valence-corrected chi connectivity index (χ0v) is 18.8. The van der Waals surface area contributed by atoms with E-state index < -0.39 is 6.43 Å². The predicted molar refractivity (Wildman–Crippen MR) is 122 cm³/mol. The smallest absolute Gasteiger partial charge is 0.296 e. The molecule has 1 aromatic carbocycles. The number of imidazole rings is 1. The third-order valence-corrected chi connectivity index (χ3v) is 6.64. The molecule has 1 saturated heterocycles. The zero-order valence-electron chi connectivity index (χ0n) is 18.8. The summed E-state index contributed by atoms with van der Waals surface area (Å²) in [7, 11) is 0. The van der Waals surface area contributed by atoms with Crippen molar-refractivity contribution >= 4 is 22.9 Å². The van der Waals surface area contributed by atoms with E-state index in [0.717, 1.165) is 18.8 Å². The average Bonchev–Trinajstić information content (AvgIpc) is 3.25. The van der Waals surface area contributed by atoms with Gasteiger partial charge >= 0.3 is 0 Å². The first-order chi connectivity index (χ1) is 16.1. The Kier molecular flexibility index (Phi) is 6.34. The van der Waals surface area contributed by atoms with Gasteiger partial charge in [0.1, 0.15) is 0 Å². The lowest BCUT2D eigenvalue weighted by Gasteiger charge is -2.30. The summed E-state index contributed by atoms with van der Waals surface area (Å²) in [6.45, 7) is 4.65. The SMILES string of the molecule is CCC1CCC(Nc2nc(N3CCOCC3)nc(-n3c(C(F)F)nc4ccccc43)n2)CC1. The quantitative estimate of drug-likeness (QED) is 0.589. The number of morpholine rings is 1. The van der Waals surface area contributed by atoms with E-state index in [-0.39, 0.29) is 17.8 Å². The summed E-state index contributed by atoms with van der Waals surface area (Å²) in [6, 6.07) is 7.31. The molecule has 3 aromatic rings. The van der Waals surface area contributed by atoms with E-state index in [1.807, 2.05) is 4.90 Å².